The van der Waals surface area contributed by atoms with Gasteiger partial charge in [-0.1, -0.05) is 12.1 Å². The number of carbonyl (C=O) groups excluding carboxylic acids is 2. The molecule has 1 aromatic rings. The van der Waals surface area contributed by atoms with Gasteiger partial charge in [-0.25, -0.2) is 4.68 Å². The Morgan fingerprint density at radius 3 is 2.83 bits per heavy atom. The maximum Gasteiger partial charge on any atom is 0.260 e. The molecule has 1 aromatic heterocycles. The molecule has 0 aliphatic carbocycles. The van der Waals surface area contributed by atoms with Crippen LogP contribution in [0.5, 0.6) is 0 Å². The molecule has 2 amide bonds. The smallest absolute Gasteiger partial charge is 0.260 e. The molecule has 0 aliphatic rings. The summed E-state index contributed by atoms with van der Waals surface area (Å²) < 4.78 is 1.42. The molecule has 0 radical (unpaired) electrons. The van der Waals surface area contributed by atoms with E-state index in [0.717, 1.165) is 18.7 Å². The summed E-state index contributed by atoms with van der Waals surface area (Å²) in [5.41, 5.74) is 5.23. The van der Waals surface area contributed by atoms with Crippen LogP contribution in [-0.4, -0.2) is 33.4 Å². The van der Waals surface area contributed by atoms with E-state index in [-0.39, 0.29) is 18.4 Å². The molecule has 0 bridgehead atoms. The summed E-state index contributed by atoms with van der Waals surface area (Å²) in [6.45, 7) is 4.95. The van der Waals surface area contributed by atoms with Gasteiger partial charge in [-0.15, -0.1) is 5.10 Å². The second kappa shape index (κ2) is 7.38. The first-order chi connectivity index (χ1) is 8.61. The van der Waals surface area contributed by atoms with Crippen molar-refractivity contribution in [1.82, 2.24) is 31.2 Å². The van der Waals surface area contributed by atoms with Gasteiger partial charge in [0.05, 0.1) is 11.9 Å². The van der Waals surface area contributed by atoms with Gasteiger partial charge in [0.1, 0.15) is 6.54 Å². The van der Waals surface area contributed by atoms with Gasteiger partial charge >= 0.3 is 0 Å². The highest BCUT2D eigenvalue weighted by Crippen LogP contribution is 1.92. The number of nitrogens with one attached hydrogen (secondary N) is 3. The highest BCUT2D eigenvalue weighted by atomic mass is 16.2. The average molecular weight is 254 g/mol. The number of hydrazine groups is 1. The fourth-order valence-electron chi connectivity index (χ4n) is 1.23. The summed E-state index contributed by atoms with van der Waals surface area (Å²) in [5, 5.41) is 10.9. The minimum atomic E-state index is -0.358. The van der Waals surface area contributed by atoms with Crippen molar-refractivity contribution in [1.29, 1.82) is 0 Å². The van der Waals surface area contributed by atoms with Gasteiger partial charge in [0.15, 0.2) is 0 Å². The van der Waals surface area contributed by atoms with Crippen molar-refractivity contribution in [2.24, 2.45) is 0 Å². The lowest BCUT2D eigenvalue weighted by molar-refractivity contribution is -0.128. The zero-order valence-electron chi connectivity index (χ0n) is 10.6. The van der Waals surface area contributed by atoms with E-state index < -0.39 is 0 Å². The standard InChI is InChI=1S/C10H18N6O2/c1-3-4-11-5-9-6-16(15-13-9)7-10(18)14-12-8(2)17/h6,11H,3-5,7H2,1-2H3,(H,12,17)(H,14,18). The molecule has 0 aliphatic heterocycles. The molecule has 0 aromatic carbocycles. The summed E-state index contributed by atoms with van der Waals surface area (Å²) in [6.07, 6.45) is 2.74. The minimum absolute atomic E-state index is 0.0149. The molecule has 0 unspecified atom stereocenters. The van der Waals surface area contributed by atoms with Crippen molar-refractivity contribution in [3.05, 3.63) is 11.9 Å². The topological polar surface area (TPSA) is 101 Å². The zero-order valence-corrected chi connectivity index (χ0v) is 10.6. The van der Waals surface area contributed by atoms with Crippen LogP contribution in [0.15, 0.2) is 6.20 Å². The fourth-order valence-corrected chi connectivity index (χ4v) is 1.23. The van der Waals surface area contributed by atoms with Crippen LogP contribution >= 0.6 is 0 Å². The van der Waals surface area contributed by atoms with Gasteiger partial charge < -0.3 is 5.32 Å². The van der Waals surface area contributed by atoms with Gasteiger partial charge in [-0.05, 0) is 13.0 Å². The Morgan fingerprint density at radius 2 is 2.17 bits per heavy atom. The van der Waals surface area contributed by atoms with Crippen LogP contribution in [-0.2, 0) is 22.7 Å². The fraction of sp³-hybridized carbons (Fsp3) is 0.600. The molecule has 0 spiro atoms. The Labute approximate surface area is 105 Å². The predicted octanol–water partition coefficient (Wildman–Crippen LogP) is -1.05. The van der Waals surface area contributed by atoms with Gasteiger partial charge in [0, 0.05) is 13.5 Å². The largest absolute Gasteiger partial charge is 0.311 e. The third-order valence-electron chi connectivity index (χ3n) is 2.00. The molecule has 1 rings (SSSR count). The van der Waals surface area contributed by atoms with Gasteiger partial charge in [0.25, 0.3) is 5.91 Å². The summed E-state index contributed by atoms with van der Waals surface area (Å²) >= 11 is 0. The van der Waals surface area contributed by atoms with Gasteiger partial charge in [-0.2, -0.15) is 0 Å². The van der Waals surface area contributed by atoms with Crippen LogP contribution in [0.25, 0.3) is 0 Å². The number of carbonyl (C=O) groups is 2. The van der Waals surface area contributed by atoms with Crippen molar-refractivity contribution >= 4 is 11.8 Å². The van der Waals surface area contributed by atoms with Crippen molar-refractivity contribution in [2.45, 2.75) is 33.4 Å². The normalized spacial score (nSPS) is 10.1. The van der Waals surface area contributed by atoms with Crippen molar-refractivity contribution in [3.8, 4) is 0 Å². The lowest BCUT2D eigenvalue weighted by Gasteiger charge is -2.03. The number of rotatable bonds is 6. The Bertz CT molecular complexity index is 403. The number of hydrogen-bond acceptors (Lipinski definition) is 5. The van der Waals surface area contributed by atoms with E-state index in [1.165, 1.54) is 11.6 Å². The molecule has 0 saturated carbocycles. The maximum absolute atomic E-state index is 11.4. The third-order valence-corrected chi connectivity index (χ3v) is 2.00. The van der Waals surface area contributed by atoms with Crippen LogP contribution in [0.3, 0.4) is 0 Å². The van der Waals surface area contributed by atoms with Crippen molar-refractivity contribution in [2.75, 3.05) is 6.54 Å². The number of aromatic nitrogens is 3. The minimum Gasteiger partial charge on any atom is -0.311 e. The summed E-state index contributed by atoms with van der Waals surface area (Å²) in [7, 11) is 0. The monoisotopic (exact) mass is 254 g/mol. The molecule has 18 heavy (non-hydrogen) atoms. The molecule has 0 saturated heterocycles. The lowest BCUT2D eigenvalue weighted by atomic mass is 10.4. The maximum atomic E-state index is 11.4. The quantitative estimate of drug-likeness (QED) is 0.444. The van der Waals surface area contributed by atoms with Crippen molar-refractivity contribution in [3.63, 3.8) is 0 Å². The van der Waals surface area contributed by atoms with Crippen LogP contribution in [0.2, 0.25) is 0 Å². The SMILES string of the molecule is CCCNCc1cn(CC(=O)NNC(C)=O)nn1. The zero-order chi connectivity index (χ0) is 13.4. The Hall–Kier alpha value is -1.96. The van der Waals surface area contributed by atoms with Gasteiger partial charge in [-0.3, -0.25) is 20.4 Å². The van der Waals surface area contributed by atoms with Crippen LogP contribution in [0.4, 0.5) is 0 Å². The average Bonchev–Trinajstić information content (AvgIpc) is 2.74. The van der Waals surface area contributed by atoms with E-state index >= 15 is 0 Å². The third kappa shape index (κ3) is 5.39. The van der Waals surface area contributed by atoms with E-state index in [9.17, 15) is 9.59 Å². The number of amides is 2. The molecule has 3 N–H and O–H groups in total. The molecular weight excluding hydrogens is 236 g/mol. The highest BCUT2D eigenvalue weighted by molar-refractivity contribution is 5.80. The van der Waals surface area contributed by atoms with Crippen LogP contribution in [0.1, 0.15) is 26.0 Å². The summed E-state index contributed by atoms with van der Waals surface area (Å²) in [4.78, 5) is 21.9. The van der Waals surface area contributed by atoms with E-state index in [4.69, 9.17) is 0 Å². The molecule has 0 atom stereocenters. The van der Waals surface area contributed by atoms with E-state index in [2.05, 4.69) is 33.4 Å². The first kappa shape index (κ1) is 14.1. The first-order valence-electron chi connectivity index (χ1n) is 5.77. The van der Waals surface area contributed by atoms with E-state index in [1.54, 1.807) is 6.20 Å². The highest BCUT2D eigenvalue weighted by Gasteiger charge is 2.05. The molecule has 0 fully saturated rings. The second-order valence-corrected chi connectivity index (χ2v) is 3.81. The summed E-state index contributed by atoms with van der Waals surface area (Å²) in [6, 6.07) is 0. The predicted molar refractivity (Wildman–Crippen MR) is 64.0 cm³/mol. The summed E-state index contributed by atoms with van der Waals surface area (Å²) in [5.74, 6) is -0.686. The molecule has 8 nitrogen and oxygen atoms in total. The second-order valence-electron chi connectivity index (χ2n) is 3.81. The molecule has 1 heterocycles. The molecule has 8 heteroatoms. The van der Waals surface area contributed by atoms with Gasteiger partial charge in [0.2, 0.25) is 5.91 Å². The number of hydrogen-bond donors (Lipinski definition) is 3. The van der Waals surface area contributed by atoms with E-state index in [0.29, 0.717) is 6.54 Å². The van der Waals surface area contributed by atoms with Crippen LogP contribution in [0, 0.1) is 0 Å². The number of nitrogens with zero attached hydrogens (tertiary/aromatic N) is 3. The Morgan fingerprint density at radius 1 is 1.39 bits per heavy atom. The molecular formula is C10H18N6O2. The Kier molecular flexibility index (Phi) is 5.78. The lowest BCUT2D eigenvalue weighted by Crippen LogP contribution is -2.42. The molecule has 100 valence electrons. The first-order valence-corrected chi connectivity index (χ1v) is 5.77. The van der Waals surface area contributed by atoms with Crippen LogP contribution < -0.4 is 16.2 Å². The Balaban J connectivity index is 2.34. The van der Waals surface area contributed by atoms with Crippen molar-refractivity contribution < 1.29 is 9.59 Å². The van der Waals surface area contributed by atoms with E-state index in [1.807, 2.05) is 0 Å².